The van der Waals surface area contributed by atoms with Crippen molar-refractivity contribution < 1.29 is 19.0 Å². The molecule has 1 amide bonds. The maximum atomic E-state index is 11.9. The first-order chi connectivity index (χ1) is 10.00. The zero-order valence-electron chi connectivity index (χ0n) is 12.2. The van der Waals surface area contributed by atoms with Gasteiger partial charge in [-0.15, -0.1) is 0 Å². The van der Waals surface area contributed by atoms with Crippen molar-refractivity contribution in [3.8, 4) is 0 Å². The van der Waals surface area contributed by atoms with E-state index in [0.717, 1.165) is 9.99 Å². The summed E-state index contributed by atoms with van der Waals surface area (Å²) in [6, 6.07) is 9.45. The molecule has 0 bridgehead atoms. The van der Waals surface area contributed by atoms with Crippen molar-refractivity contribution in [2.24, 2.45) is 0 Å². The molecule has 1 aromatic rings. The largest absolute Gasteiger partial charge is 0.445 e. The number of rotatable bonds is 5. The lowest BCUT2D eigenvalue weighted by Crippen LogP contribution is -2.46. The van der Waals surface area contributed by atoms with Crippen LogP contribution in [0.1, 0.15) is 19.4 Å². The predicted molar refractivity (Wildman–Crippen MR) is 87.3 cm³/mol. The zero-order chi connectivity index (χ0) is 15.3. The van der Waals surface area contributed by atoms with Crippen LogP contribution in [0, 0.1) is 0 Å². The number of carbonyl (C=O) groups is 1. The first-order valence-corrected chi connectivity index (χ1v) is 8.38. The molecule has 1 saturated heterocycles. The summed E-state index contributed by atoms with van der Waals surface area (Å²) in [5, 5.41) is 2.84. The molecule has 116 valence electrons. The third-order valence-corrected chi connectivity index (χ3v) is 4.11. The number of halogens is 1. The maximum absolute atomic E-state index is 11.9. The first-order valence-electron chi connectivity index (χ1n) is 6.85. The van der Waals surface area contributed by atoms with Gasteiger partial charge in [0.2, 0.25) is 0 Å². The average Bonchev–Trinajstić information content (AvgIpc) is 2.83. The minimum Gasteiger partial charge on any atom is -0.445 e. The van der Waals surface area contributed by atoms with E-state index in [1.807, 2.05) is 44.2 Å². The second-order valence-corrected chi connectivity index (χ2v) is 6.21. The summed E-state index contributed by atoms with van der Waals surface area (Å²) in [5.41, 5.74) is 0.959. The van der Waals surface area contributed by atoms with Gasteiger partial charge in [-0.05, 0) is 19.4 Å². The molecule has 21 heavy (non-hydrogen) atoms. The molecular formula is C15H20INO4. The monoisotopic (exact) mass is 405 g/mol. The number of amides is 1. The van der Waals surface area contributed by atoms with Crippen LogP contribution in [-0.4, -0.2) is 35.1 Å². The second-order valence-electron chi connectivity index (χ2n) is 5.33. The Morgan fingerprint density at radius 1 is 1.48 bits per heavy atom. The van der Waals surface area contributed by atoms with Crippen LogP contribution in [0.5, 0.6) is 0 Å². The van der Waals surface area contributed by atoms with Gasteiger partial charge < -0.3 is 19.5 Å². The number of carbonyl (C=O) groups excluding carboxylic acids is 1. The van der Waals surface area contributed by atoms with Gasteiger partial charge in [-0.3, -0.25) is 0 Å². The molecule has 2 rings (SSSR count). The molecule has 0 aliphatic carbocycles. The predicted octanol–water partition coefficient (Wildman–Crippen LogP) is 2.87. The molecule has 2 atom stereocenters. The number of alkyl halides is 1. The van der Waals surface area contributed by atoms with Crippen molar-refractivity contribution in [3.63, 3.8) is 0 Å². The lowest BCUT2D eigenvalue weighted by atomic mass is 10.2. The van der Waals surface area contributed by atoms with Gasteiger partial charge in [0.15, 0.2) is 5.79 Å². The average molecular weight is 405 g/mol. The molecule has 1 aromatic carbocycles. The summed E-state index contributed by atoms with van der Waals surface area (Å²) in [7, 11) is 0. The topological polar surface area (TPSA) is 56.8 Å². The standard InChI is InChI=1S/C15H20INO4/c1-15(2)20-10-13(21-15)12(8-16)17-14(18)19-9-11-6-4-3-5-7-11/h3-7,12-13H,8-10H2,1-2H3,(H,17,18)/t12?,13-/m0/s1. The fraction of sp³-hybridized carbons (Fsp3) is 0.533. The number of alkyl carbamates (subject to hydrolysis) is 1. The lowest BCUT2D eigenvalue weighted by molar-refractivity contribution is -0.140. The van der Waals surface area contributed by atoms with Gasteiger partial charge in [-0.25, -0.2) is 4.79 Å². The third-order valence-electron chi connectivity index (χ3n) is 3.16. The highest BCUT2D eigenvalue weighted by atomic mass is 127. The van der Waals surface area contributed by atoms with Crippen molar-refractivity contribution in [1.29, 1.82) is 0 Å². The molecule has 1 unspecified atom stereocenters. The van der Waals surface area contributed by atoms with E-state index in [2.05, 4.69) is 27.9 Å². The minimum atomic E-state index is -0.593. The number of hydrogen-bond donors (Lipinski definition) is 1. The number of benzene rings is 1. The van der Waals surface area contributed by atoms with E-state index < -0.39 is 11.9 Å². The molecule has 0 aromatic heterocycles. The van der Waals surface area contributed by atoms with Crippen molar-refractivity contribution in [1.82, 2.24) is 5.32 Å². The Hall–Kier alpha value is -0.860. The Morgan fingerprint density at radius 3 is 2.76 bits per heavy atom. The van der Waals surface area contributed by atoms with Gasteiger partial charge in [0.25, 0.3) is 0 Å². The van der Waals surface area contributed by atoms with Crippen LogP contribution in [-0.2, 0) is 20.8 Å². The van der Waals surface area contributed by atoms with Crippen molar-refractivity contribution >= 4 is 28.7 Å². The van der Waals surface area contributed by atoms with Crippen molar-refractivity contribution in [3.05, 3.63) is 35.9 Å². The lowest BCUT2D eigenvalue weighted by Gasteiger charge is -2.23. The van der Waals surface area contributed by atoms with E-state index in [-0.39, 0.29) is 18.8 Å². The van der Waals surface area contributed by atoms with Crippen LogP contribution in [0.25, 0.3) is 0 Å². The first kappa shape index (κ1) is 16.5. The molecule has 1 heterocycles. The molecular weight excluding hydrogens is 385 g/mol. The number of ether oxygens (including phenoxy) is 3. The molecule has 1 aliphatic rings. The molecule has 1 N–H and O–H groups in total. The molecule has 1 fully saturated rings. The fourth-order valence-corrected chi connectivity index (χ4v) is 2.85. The van der Waals surface area contributed by atoms with E-state index in [4.69, 9.17) is 14.2 Å². The third kappa shape index (κ3) is 5.12. The van der Waals surface area contributed by atoms with Gasteiger partial charge in [0, 0.05) is 4.43 Å². The molecule has 1 aliphatic heterocycles. The van der Waals surface area contributed by atoms with Crippen LogP contribution < -0.4 is 5.32 Å². The van der Waals surface area contributed by atoms with E-state index >= 15 is 0 Å². The van der Waals surface area contributed by atoms with E-state index in [0.29, 0.717) is 6.61 Å². The van der Waals surface area contributed by atoms with E-state index in [1.165, 1.54) is 0 Å². The van der Waals surface area contributed by atoms with Gasteiger partial charge >= 0.3 is 6.09 Å². The summed E-state index contributed by atoms with van der Waals surface area (Å²) >= 11 is 2.22. The molecule has 5 nitrogen and oxygen atoms in total. The summed E-state index contributed by atoms with van der Waals surface area (Å²) < 4.78 is 17.2. The molecule has 6 heteroatoms. The summed E-state index contributed by atoms with van der Waals surface area (Å²) in [6.45, 7) is 4.46. The highest BCUT2D eigenvalue weighted by Crippen LogP contribution is 2.24. The molecule has 0 spiro atoms. The minimum absolute atomic E-state index is 0.129. The highest BCUT2D eigenvalue weighted by molar-refractivity contribution is 14.1. The Kier molecular flexibility index (Phi) is 5.83. The summed E-state index contributed by atoms with van der Waals surface area (Å²) in [5.74, 6) is -0.593. The van der Waals surface area contributed by atoms with E-state index in [1.54, 1.807) is 0 Å². The fourth-order valence-electron chi connectivity index (χ4n) is 2.06. The molecule has 0 saturated carbocycles. The normalized spacial score (nSPS) is 21.8. The zero-order valence-corrected chi connectivity index (χ0v) is 14.3. The SMILES string of the molecule is CC1(C)OC[C@@H](C(CI)NC(=O)OCc2ccccc2)O1. The van der Waals surface area contributed by atoms with Crippen LogP contribution >= 0.6 is 22.6 Å². The number of hydrogen-bond acceptors (Lipinski definition) is 4. The number of nitrogens with one attached hydrogen (secondary N) is 1. The quantitative estimate of drug-likeness (QED) is 0.605. The molecule has 0 radical (unpaired) electrons. The van der Waals surface area contributed by atoms with Gasteiger partial charge in [0.05, 0.1) is 12.6 Å². The van der Waals surface area contributed by atoms with Gasteiger partial charge in [-0.1, -0.05) is 52.9 Å². The van der Waals surface area contributed by atoms with Crippen molar-refractivity contribution in [2.75, 3.05) is 11.0 Å². The van der Waals surface area contributed by atoms with Crippen LogP contribution in [0.15, 0.2) is 30.3 Å². The van der Waals surface area contributed by atoms with Crippen LogP contribution in [0.2, 0.25) is 0 Å². The van der Waals surface area contributed by atoms with Gasteiger partial charge in [-0.2, -0.15) is 0 Å². The second kappa shape index (κ2) is 7.42. The Bertz CT molecular complexity index is 466. The summed E-state index contributed by atoms with van der Waals surface area (Å²) in [6.07, 6.45) is -0.588. The smallest absolute Gasteiger partial charge is 0.407 e. The maximum Gasteiger partial charge on any atom is 0.407 e. The van der Waals surface area contributed by atoms with Crippen molar-refractivity contribution in [2.45, 2.75) is 38.4 Å². The van der Waals surface area contributed by atoms with E-state index in [9.17, 15) is 4.79 Å². The van der Waals surface area contributed by atoms with Crippen LogP contribution in [0.3, 0.4) is 0 Å². The Balaban J connectivity index is 1.80. The van der Waals surface area contributed by atoms with Crippen LogP contribution in [0.4, 0.5) is 4.79 Å². The Morgan fingerprint density at radius 2 is 2.19 bits per heavy atom. The van der Waals surface area contributed by atoms with Gasteiger partial charge in [0.1, 0.15) is 12.7 Å². The summed E-state index contributed by atoms with van der Waals surface area (Å²) in [4.78, 5) is 11.9. The Labute approximate surface area is 138 Å². The highest BCUT2D eigenvalue weighted by Gasteiger charge is 2.37.